The monoisotopic (exact) mass is 279 g/mol. The van der Waals surface area contributed by atoms with E-state index in [1.54, 1.807) is 13.0 Å². The highest BCUT2D eigenvalue weighted by Gasteiger charge is 2.22. The molecule has 0 amide bonds. The minimum Gasteiger partial charge on any atom is -0.395 e. The molecule has 0 aromatic carbocycles. The van der Waals surface area contributed by atoms with Gasteiger partial charge in [0.15, 0.2) is 0 Å². The Morgan fingerprint density at radius 3 is 2.59 bits per heavy atom. The number of aliphatic hydroxyl groups is 1. The number of nitrogens with one attached hydrogen (secondary N) is 1. The first-order valence-corrected chi connectivity index (χ1v) is 7.40. The van der Waals surface area contributed by atoms with Crippen LogP contribution in [0.25, 0.3) is 0 Å². The van der Waals surface area contributed by atoms with Crippen molar-refractivity contribution >= 4 is 21.4 Å². The first-order chi connectivity index (χ1) is 7.90. The van der Waals surface area contributed by atoms with Gasteiger partial charge in [0.2, 0.25) is 10.0 Å². The lowest BCUT2D eigenvalue weighted by Crippen LogP contribution is -2.40. The molecular formula is C10H17NO4S2. The van der Waals surface area contributed by atoms with Crippen LogP contribution in [0.5, 0.6) is 0 Å². The first-order valence-electron chi connectivity index (χ1n) is 5.10. The van der Waals surface area contributed by atoms with Crippen LogP contribution in [0.1, 0.15) is 9.75 Å². The van der Waals surface area contributed by atoms with Crippen molar-refractivity contribution in [2.45, 2.75) is 24.8 Å². The molecule has 2 N–H and O–H groups in total. The predicted octanol–water partition coefficient (Wildman–Crippen LogP) is 0.651. The molecule has 0 aliphatic carbocycles. The Morgan fingerprint density at radius 2 is 2.18 bits per heavy atom. The Bertz CT molecular complexity index is 467. The Labute approximate surface area is 105 Å². The van der Waals surface area contributed by atoms with Gasteiger partial charge < -0.3 is 9.84 Å². The fourth-order valence-electron chi connectivity index (χ4n) is 1.48. The van der Waals surface area contributed by atoms with E-state index in [2.05, 4.69) is 4.72 Å². The molecule has 1 atom stereocenters. The van der Waals surface area contributed by atoms with E-state index in [0.717, 1.165) is 9.75 Å². The number of ether oxygens (including phenoxy) is 1. The molecule has 1 unspecified atom stereocenters. The van der Waals surface area contributed by atoms with Gasteiger partial charge in [-0.15, -0.1) is 11.3 Å². The maximum absolute atomic E-state index is 12.0. The number of hydrogen-bond donors (Lipinski definition) is 2. The highest BCUT2D eigenvalue weighted by molar-refractivity contribution is 7.89. The number of rotatable bonds is 6. The van der Waals surface area contributed by atoms with Gasteiger partial charge in [0.25, 0.3) is 0 Å². The Balaban J connectivity index is 2.92. The van der Waals surface area contributed by atoms with Crippen molar-refractivity contribution in [1.29, 1.82) is 0 Å². The Morgan fingerprint density at radius 1 is 1.53 bits per heavy atom. The third-order valence-corrected chi connectivity index (χ3v) is 4.94. The van der Waals surface area contributed by atoms with E-state index in [1.807, 2.05) is 6.92 Å². The Kier molecular flexibility index (Phi) is 5.08. The predicted molar refractivity (Wildman–Crippen MR) is 66.9 cm³/mol. The van der Waals surface area contributed by atoms with Crippen molar-refractivity contribution in [1.82, 2.24) is 4.72 Å². The van der Waals surface area contributed by atoms with Crippen LogP contribution in [0, 0.1) is 13.8 Å². The number of aliphatic hydroxyl groups excluding tert-OH is 1. The molecule has 1 aromatic heterocycles. The summed E-state index contributed by atoms with van der Waals surface area (Å²) in [5.41, 5.74) is 0. The second kappa shape index (κ2) is 5.92. The molecule has 0 spiro atoms. The summed E-state index contributed by atoms with van der Waals surface area (Å²) in [6.45, 7) is 3.46. The summed E-state index contributed by atoms with van der Waals surface area (Å²) in [5.74, 6) is 0. The van der Waals surface area contributed by atoms with Crippen LogP contribution in [0.15, 0.2) is 11.0 Å². The van der Waals surface area contributed by atoms with Crippen LogP contribution in [-0.4, -0.2) is 39.9 Å². The van der Waals surface area contributed by atoms with Gasteiger partial charge in [-0.3, -0.25) is 0 Å². The SMILES string of the molecule is COCC(CO)NS(=O)(=O)c1cc(C)sc1C. The third-order valence-electron chi connectivity index (χ3n) is 2.20. The number of aryl methyl sites for hydroxylation is 2. The lowest BCUT2D eigenvalue weighted by atomic mass is 10.4. The normalized spacial score (nSPS) is 13.9. The van der Waals surface area contributed by atoms with Crippen molar-refractivity contribution in [3.8, 4) is 0 Å². The summed E-state index contributed by atoms with van der Waals surface area (Å²) in [7, 11) is -2.13. The average Bonchev–Trinajstić information content (AvgIpc) is 2.57. The molecule has 0 aliphatic rings. The average molecular weight is 279 g/mol. The summed E-state index contributed by atoms with van der Waals surface area (Å²) in [6.07, 6.45) is 0. The van der Waals surface area contributed by atoms with Crippen LogP contribution in [-0.2, 0) is 14.8 Å². The molecule has 98 valence electrons. The van der Waals surface area contributed by atoms with Gasteiger partial charge in [0.05, 0.1) is 24.2 Å². The van der Waals surface area contributed by atoms with Crippen LogP contribution >= 0.6 is 11.3 Å². The zero-order valence-electron chi connectivity index (χ0n) is 10.1. The fraction of sp³-hybridized carbons (Fsp3) is 0.600. The van der Waals surface area contributed by atoms with Crippen molar-refractivity contribution < 1.29 is 18.3 Å². The lowest BCUT2D eigenvalue weighted by Gasteiger charge is -2.15. The lowest BCUT2D eigenvalue weighted by molar-refractivity contribution is 0.139. The summed E-state index contributed by atoms with van der Waals surface area (Å²) in [5, 5.41) is 9.04. The van der Waals surface area contributed by atoms with Gasteiger partial charge >= 0.3 is 0 Å². The zero-order chi connectivity index (χ0) is 13.1. The molecule has 1 heterocycles. The fourth-order valence-corrected chi connectivity index (χ4v) is 4.25. The van der Waals surface area contributed by atoms with E-state index in [0.29, 0.717) is 0 Å². The highest BCUT2D eigenvalue weighted by Crippen LogP contribution is 2.24. The summed E-state index contributed by atoms with van der Waals surface area (Å²) < 4.78 is 31.3. The smallest absolute Gasteiger partial charge is 0.242 e. The van der Waals surface area contributed by atoms with Crippen LogP contribution in [0.2, 0.25) is 0 Å². The van der Waals surface area contributed by atoms with E-state index in [9.17, 15) is 8.42 Å². The third kappa shape index (κ3) is 3.75. The molecule has 0 saturated heterocycles. The van der Waals surface area contributed by atoms with E-state index in [1.165, 1.54) is 18.4 Å². The quantitative estimate of drug-likeness (QED) is 0.802. The second-order valence-electron chi connectivity index (χ2n) is 3.73. The van der Waals surface area contributed by atoms with Gasteiger partial charge in [-0.05, 0) is 19.9 Å². The minimum atomic E-state index is -3.58. The number of thiophene rings is 1. The van der Waals surface area contributed by atoms with E-state index < -0.39 is 16.1 Å². The van der Waals surface area contributed by atoms with Crippen LogP contribution < -0.4 is 4.72 Å². The standard InChI is InChI=1S/C10H17NO4S2/c1-7-4-10(8(2)16-7)17(13,14)11-9(5-12)6-15-3/h4,9,11-12H,5-6H2,1-3H3. The van der Waals surface area contributed by atoms with Gasteiger partial charge in [-0.2, -0.15) is 0 Å². The molecule has 7 heteroatoms. The summed E-state index contributed by atoms with van der Waals surface area (Å²) in [4.78, 5) is 1.95. The topological polar surface area (TPSA) is 75.6 Å². The van der Waals surface area contributed by atoms with Crippen molar-refractivity contribution in [3.63, 3.8) is 0 Å². The highest BCUT2D eigenvalue weighted by atomic mass is 32.2. The maximum atomic E-state index is 12.0. The van der Waals surface area contributed by atoms with Gasteiger partial charge in [-0.25, -0.2) is 13.1 Å². The zero-order valence-corrected chi connectivity index (χ0v) is 11.7. The van der Waals surface area contributed by atoms with E-state index in [-0.39, 0.29) is 18.1 Å². The molecule has 17 heavy (non-hydrogen) atoms. The van der Waals surface area contributed by atoms with E-state index in [4.69, 9.17) is 9.84 Å². The van der Waals surface area contributed by atoms with Crippen molar-refractivity contribution in [3.05, 3.63) is 15.8 Å². The van der Waals surface area contributed by atoms with Crippen molar-refractivity contribution in [2.24, 2.45) is 0 Å². The van der Waals surface area contributed by atoms with Crippen LogP contribution in [0.3, 0.4) is 0 Å². The molecular weight excluding hydrogens is 262 g/mol. The van der Waals surface area contributed by atoms with E-state index >= 15 is 0 Å². The number of sulfonamides is 1. The first kappa shape index (κ1) is 14.6. The summed E-state index contributed by atoms with van der Waals surface area (Å²) >= 11 is 1.43. The number of hydrogen-bond acceptors (Lipinski definition) is 5. The molecule has 0 saturated carbocycles. The largest absolute Gasteiger partial charge is 0.395 e. The van der Waals surface area contributed by atoms with Crippen LogP contribution in [0.4, 0.5) is 0 Å². The Hall–Kier alpha value is -0.470. The van der Waals surface area contributed by atoms with Gasteiger partial charge in [0, 0.05) is 16.9 Å². The number of methoxy groups -OCH3 is 1. The molecule has 0 aliphatic heterocycles. The molecule has 1 rings (SSSR count). The molecule has 5 nitrogen and oxygen atoms in total. The van der Waals surface area contributed by atoms with Gasteiger partial charge in [0.1, 0.15) is 0 Å². The molecule has 1 aromatic rings. The maximum Gasteiger partial charge on any atom is 0.242 e. The van der Waals surface area contributed by atoms with Crippen molar-refractivity contribution in [2.75, 3.05) is 20.3 Å². The van der Waals surface area contributed by atoms with Gasteiger partial charge in [-0.1, -0.05) is 0 Å². The second-order valence-corrected chi connectivity index (χ2v) is 6.88. The molecule has 0 radical (unpaired) electrons. The molecule has 0 bridgehead atoms. The minimum absolute atomic E-state index is 0.137. The molecule has 0 fully saturated rings. The summed E-state index contributed by atoms with van der Waals surface area (Å²) in [6, 6.07) is 1.01.